The van der Waals surface area contributed by atoms with Crippen LogP contribution in [0.25, 0.3) is 11.1 Å². The maximum atomic E-state index is 13.8. The first-order valence-electron chi connectivity index (χ1n) is 13.6. The number of hydrogen-bond donors (Lipinski definition) is 0. The summed E-state index contributed by atoms with van der Waals surface area (Å²) in [6, 6.07) is 6.90. The van der Waals surface area contributed by atoms with Crippen LogP contribution in [0.4, 0.5) is 4.39 Å². The second-order valence-electron chi connectivity index (χ2n) is 11.4. The zero-order valence-electron chi connectivity index (χ0n) is 25.7. The average Bonchev–Trinajstić information content (AvgIpc) is 2.86. The molecule has 0 aromatic heterocycles. The molecule has 0 bridgehead atoms. The lowest BCUT2D eigenvalue weighted by Gasteiger charge is -2.32. The highest BCUT2D eigenvalue weighted by Gasteiger charge is 2.34. The first-order chi connectivity index (χ1) is 17.6. The Morgan fingerprint density at radius 2 is 0.921 bits per heavy atom. The second kappa shape index (κ2) is 10.9. The third kappa shape index (κ3) is 4.86. The number of allylic oxidation sites excluding steroid dienone is 4. The number of halogens is 1. The van der Waals surface area contributed by atoms with Gasteiger partial charge >= 0.3 is 0 Å². The molecular formula is C36H44BF. The highest BCUT2D eigenvalue weighted by atomic mass is 19.1. The van der Waals surface area contributed by atoms with E-state index in [2.05, 4.69) is 96.2 Å². The summed E-state index contributed by atoms with van der Waals surface area (Å²) in [5, 5.41) is 0. The molecule has 0 spiro atoms. The van der Waals surface area contributed by atoms with Crippen LogP contribution < -0.4 is 10.9 Å². The maximum Gasteiger partial charge on any atom is 0.243 e. The molecule has 38 heavy (non-hydrogen) atoms. The summed E-state index contributed by atoms with van der Waals surface area (Å²) in [4.78, 5) is 0. The van der Waals surface area contributed by atoms with Gasteiger partial charge in [-0.1, -0.05) is 80.7 Å². The van der Waals surface area contributed by atoms with Crippen molar-refractivity contribution in [3.05, 3.63) is 116 Å². The SMILES string of the molecule is C=C(C)/C(C)=C(/B(c1c(C)c(C)c(C)c(C)c1C)c1c(C)c(C)c(-c2ccc(F)cc2)c(C)c1C)C(=C)C. The van der Waals surface area contributed by atoms with E-state index in [9.17, 15) is 4.39 Å². The summed E-state index contributed by atoms with van der Waals surface area (Å²) in [5.41, 5.74) is 21.4. The van der Waals surface area contributed by atoms with Gasteiger partial charge in [0.05, 0.1) is 0 Å². The minimum atomic E-state index is -0.211. The minimum Gasteiger partial charge on any atom is -0.207 e. The van der Waals surface area contributed by atoms with Crippen LogP contribution in [0, 0.1) is 68.1 Å². The van der Waals surface area contributed by atoms with E-state index >= 15 is 0 Å². The van der Waals surface area contributed by atoms with Gasteiger partial charge in [-0.15, -0.1) is 0 Å². The Morgan fingerprint density at radius 3 is 1.29 bits per heavy atom. The van der Waals surface area contributed by atoms with Crippen molar-refractivity contribution in [2.24, 2.45) is 0 Å². The summed E-state index contributed by atoms with van der Waals surface area (Å²) in [6.45, 7) is 35.5. The molecule has 3 rings (SSSR count). The molecule has 2 heteroatoms. The van der Waals surface area contributed by atoms with Gasteiger partial charge in [0.2, 0.25) is 6.71 Å². The monoisotopic (exact) mass is 506 g/mol. The predicted octanol–water partition coefficient (Wildman–Crippen LogP) is 8.89. The van der Waals surface area contributed by atoms with Crippen LogP contribution in [0.1, 0.15) is 70.8 Å². The fourth-order valence-corrected chi connectivity index (χ4v) is 6.23. The third-order valence-corrected chi connectivity index (χ3v) is 9.24. The molecular weight excluding hydrogens is 462 g/mol. The lowest BCUT2D eigenvalue weighted by molar-refractivity contribution is 0.628. The van der Waals surface area contributed by atoms with Gasteiger partial charge in [0.1, 0.15) is 5.82 Å². The van der Waals surface area contributed by atoms with E-state index in [4.69, 9.17) is 0 Å². The molecule has 0 amide bonds. The van der Waals surface area contributed by atoms with E-state index in [1.165, 1.54) is 77.6 Å². The maximum absolute atomic E-state index is 13.8. The molecule has 0 N–H and O–H groups in total. The quantitative estimate of drug-likeness (QED) is 0.231. The van der Waals surface area contributed by atoms with Crippen LogP contribution in [-0.2, 0) is 0 Å². The van der Waals surface area contributed by atoms with E-state index in [1.807, 2.05) is 12.1 Å². The fraction of sp³-hybridized carbons (Fsp3) is 0.333. The zero-order chi connectivity index (χ0) is 28.8. The summed E-state index contributed by atoms with van der Waals surface area (Å²) < 4.78 is 13.8. The van der Waals surface area contributed by atoms with Crippen molar-refractivity contribution in [2.75, 3.05) is 0 Å². The Kier molecular flexibility index (Phi) is 8.47. The van der Waals surface area contributed by atoms with E-state index in [-0.39, 0.29) is 12.5 Å². The van der Waals surface area contributed by atoms with Crippen molar-refractivity contribution in [1.82, 2.24) is 0 Å². The van der Waals surface area contributed by atoms with E-state index in [0.717, 1.165) is 16.7 Å². The smallest absolute Gasteiger partial charge is 0.207 e. The molecule has 0 unspecified atom stereocenters. The van der Waals surface area contributed by atoms with Gasteiger partial charge < -0.3 is 0 Å². The zero-order valence-corrected chi connectivity index (χ0v) is 25.7. The van der Waals surface area contributed by atoms with Gasteiger partial charge in [-0.25, -0.2) is 4.39 Å². The normalized spacial score (nSPS) is 11.9. The lowest BCUT2D eigenvalue weighted by Crippen LogP contribution is -2.51. The largest absolute Gasteiger partial charge is 0.243 e. The Bertz CT molecular complexity index is 1440. The lowest BCUT2D eigenvalue weighted by atomic mass is 9.31. The van der Waals surface area contributed by atoms with E-state index < -0.39 is 0 Å². The average molecular weight is 507 g/mol. The highest BCUT2D eigenvalue weighted by molar-refractivity contribution is 6.93. The van der Waals surface area contributed by atoms with Gasteiger partial charge in [-0.05, 0) is 134 Å². The Labute approximate surface area is 231 Å². The molecule has 0 aliphatic rings. The van der Waals surface area contributed by atoms with E-state index in [1.54, 1.807) is 12.1 Å². The molecule has 0 fully saturated rings. The Balaban J connectivity index is 2.59. The van der Waals surface area contributed by atoms with E-state index in [0.29, 0.717) is 0 Å². The molecule has 0 atom stereocenters. The van der Waals surface area contributed by atoms with Gasteiger partial charge in [-0.2, -0.15) is 0 Å². The number of hydrogen-bond acceptors (Lipinski definition) is 0. The summed E-state index contributed by atoms with van der Waals surface area (Å²) in [7, 11) is 0. The highest BCUT2D eigenvalue weighted by Crippen LogP contribution is 2.34. The van der Waals surface area contributed by atoms with Gasteiger partial charge in [0.25, 0.3) is 0 Å². The van der Waals surface area contributed by atoms with Crippen LogP contribution >= 0.6 is 0 Å². The Morgan fingerprint density at radius 1 is 0.553 bits per heavy atom. The molecule has 0 aliphatic heterocycles. The van der Waals surface area contributed by atoms with Crippen molar-refractivity contribution in [1.29, 1.82) is 0 Å². The minimum absolute atomic E-state index is 0.0295. The second-order valence-corrected chi connectivity index (χ2v) is 11.4. The van der Waals surface area contributed by atoms with Crippen molar-refractivity contribution in [2.45, 2.75) is 83.1 Å². The molecule has 0 radical (unpaired) electrons. The summed E-state index contributed by atoms with van der Waals surface area (Å²) in [6.07, 6.45) is 0. The van der Waals surface area contributed by atoms with Gasteiger partial charge in [0, 0.05) is 0 Å². The fourth-order valence-electron chi connectivity index (χ4n) is 6.23. The molecule has 3 aromatic rings. The number of benzene rings is 3. The number of rotatable bonds is 6. The van der Waals surface area contributed by atoms with Crippen LogP contribution in [0.2, 0.25) is 0 Å². The topological polar surface area (TPSA) is 0 Å². The molecule has 3 aromatic carbocycles. The summed E-state index contributed by atoms with van der Waals surface area (Å²) in [5.74, 6) is -0.211. The predicted molar refractivity (Wildman–Crippen MR) is 168 cm³/mol. The van der Waals surface area contributed by atoms with Crippen molar-refractivity contribution < 1.29 is 4.39 Å². The first kappa shape index (κ1) is 29.4. The Hall–Kier alpha value is -3.13. The summed E-state index contributed by atoms with van der Waals surface area (Å²) >= 11 is 0. The van der Waals surface area contributed by atoms with Crippen molar-refractivity contribution >= 4 is 17.6 Å². The molecule has 0 nitrogen and oxygen atoms in total. The van der Waals surface area contributed by atoms with Crippen LogP contribution in [-0.4, -0.2) is 6.71 Å². The third-order valence-electron chi connectivity index (χ3n) is 9.24. The molecule has 0 heterocycles. The molecule has 198 valence electrons. The van der Waals surface area contributed by atoms with Crippen LogP contribution in [0.5, 0.6) is 0 Å². The van der Waals surface area contributed by atoms with Crippen molar-refractivity contribution in [3.63, 3.8) is 0 Å². The van der Waals surface area contributed by atoms with Gasteiger partial charge in [-0.3, -0.25) is 0 Å². The molecule has 0 aliphatic carbocycles. The first-order valence-corrected chi connectivity index (χ1v) is 13.6. The van der Waals surface area contributed by atoms with Crippen molar-refractivity contribution in [3.8, 4) is 11.1 Å². The molecule has 0 saturated carbocycles. The van der Waals surface area contributed by atoms with Gasteiger partial charge in [0.15, 0.2) is 0 Å². The standard InChI is InChI=1S/C36H44BF/c1-19(2)21(5)34(20(3)4)37(35-27(11)23(7)22(6)24(8)28(35)12)36-29(13)25(9)33(26(10)30(36)14)31-15-17-32(38)18-16-31/h15-18H,1,3H2,2,4-14H3/b34-21+. The molecule has 0 saturated heterocycles. The van der Waals surface area contributed by atoms with Crippen LogP contribution in [0.15, 0.2) is 59.6 Å². The van der Waals surface area contributed by atoms with Crippen LogP contribution in [0.3, 0.4) is 0 Å².